The van der Waals surface area contributed by atoms with E-state index in [-0.39, 0.29) is 11.9 Å². The molecule has 1 aliphatic rings. The Balaban J connectivity index is 2.06. The van der Waals surface area contributed by atoms with Gasteiger partial charge in [-0.15, -0.1) is 0 Å². The quantitative estimate of drug-likeness (QED) is 0.334. The van der Waals surface area contributed by atoms with E-state index in [4.69, 9.17) is 9.47 Å². The molecule has 0 amide bonds. The Morgan fingerprint density at radius 2 is 1.85 bits per heavy atom. The van der Waals surface area contributed by atoms with Crippen molar-refractivity contribution in [3.05, 3.63) is 71.8 Å². The van der Waals surface area contributed by atoms with Crippen LogP contribution in [0.1, 0.15) is 30.4 Å². The topological polar surface area (TPSA) is 35.5 Å². The average Bonchev–Trinajstić information content (AvgIpc) is 3.10. The van der Waals surface area contributed by atoms with Gasteiger partial charge < -0.3 is 9.47 Å². The molecule has 3 rings (SSSR count). The first-order valence-electron chi connectivity index (χ1n) is 8.78. The highest BCUT2D eigenvalue weighted by atomic mass is 127. The molecule has 0 saturated heterocycles. The lowest BCUT2D eigenvalue weighted by Gasteiger charge is -2.32. The molecule has 2 aromatic carbocycles. The average molecular weight is 462 g/mol. The molecule has 26 heavy (non-hydrogen) atoms. The Bertz CT molecular complexity index is 783. The molecular weight excluding hydrogens is 439 g/mol. The van der Waals surface area contributed by atoms with E-state index < -0.39 is 5.41 Å². The van der Waals surface area contributed by atoms with Gasteiger partial charge in [-0.05, 0) is 42.2 Å². The van der Waals surface area contributed by atoms with Gasteiger partial charge in [-0.25, -0.2) is 0 Å². The second kappa shape index (κ2) is 8.25. The lowest BCUT2D eigenvalue weighted by atomic mass is 9.75. The van der Waals surface area contributed by atoms with E-state index in [2.05, 4.69) is 40.8 Å². The van der Waals surface area contributed by atoms with Gasteiger partial charge in [-0.3, -0.25) is 4.79 Å². The van der Waals surface area contributed by atoms with E-state index in [0.717, 1.165) is 11.3 Å². The van der Waals surface area contributed by atoms with Gasteiger partial charge in [0.25, 0.3) is 0 Å². The van der Waals surface area contributed by atoms with Crippen molar-refractivity contribution < 1.29 is 14.3 Å². The second-order valence-corrected chi connectivity index (χ2v) is 7.26. The van der Waals surface area contributed by atoms with Crippen LogP contribution >= 0.6 is 22.6 Å². The predicted molar refractivity (Wildman–Crippen MR) is 113 cm³/mol. The number of hydrogen-bond donors (Lipinski definition) is 0. The number of carbonyl (C=O) groups excluding carboxylic acids is 1. The maximum atomic E-state index is 13.0. The normalized spacial score (nSPS) is 22.0. The van der Waals surface area contributed by atoms with Gasteiger partial charge in [0.2, 0.25) is 0 Å². The van der Waals surface area contributed by atoms with Crippen LogP contribution in [0.15, 0.2) is 60.7 Å². The summed E-state index contributed by atoms with van der Waals surface area (Å²) < 4.78 is 11.5. The van der Waals surface area contributed by atoms with Crippen molar-refractivity contribution in [2.24, 2.45) is 5.41 Å². The monoisotopic (exact) mass is 462 g/mol. The number of alkyl halides is 1. The van der Waals surface area contributed by atoms with Gasteiger partial charge in [-0.1, -0.05) is 71.1 Å². The van der Waals surface area contributed by atoms with Crippen molar-refractivity contribution in [1.29, 1.82) is 0 Å². The molecule has 3 nitrogen and oxygen atoms in total. The van der Waals surface area contributed by atoms with Gasteiger partial charge in [0.05, 0.1) is 19.1 Å². The Kier molecular flexibility index (Phi) is 6.01. The van der Waals surface area contributed by atoms with E-state index in [1.54, 1.807) is 7.11 Å². The summed E-state index contributed by atoms with van der Waals surface area (Å²) in [5, 5.41) is 0. The highest BCUT2D eigenvalue weighted by Gasteiger charge is 2.50. The van der Waals surface area contributed by atoms with Crippen LogP contribution in [-0.2, 0) is 9.53 Å². The molecule has 2 atom stereocenters. The van der Waals surface area contributed by atoms with Crippen molar-refractivity contribution in [2.45, 2.75) is 19.3 Å². The highest BCUT2D eigenvalue weighted by Crippen LogP contribution is 2.53. The Labute approximate surface area is 168 Å². The van der Waals surface area contributed by atoms with Gasteiger partial charge in [0.15, 0.2) is 0 Å². The number of carbonyl (C=O) groups is 1. The lowest BCUT2D eigenvalue weighted by Crippen LogP contribution is -2.37. The number of hydrogen-bond acceptors (Lipinski definition) is 3. The van der Waals surface area contributed by atoms with Gasteiger partial charge >= 0.3 is 5.97 Å². The predicted octanol–water partition coefficient (Wildman–Crippen LogP) is 5.25. The molecule has 4 heteroatoms. The first-order valence-corrected chi connectivity index (χ1v) is 10.3. The number of halogens is 1. The maximum absolute atomic E-state index is 13.0. The standard InChI is InChI=1S/C22H23IO3/c1-3-26-21(24)22(15-23)14-18(16-7-5-4-6-8-16)13-20(22)17-9-11-19(25-2)12-10-17/h4-13,20H,3,14-15H2,1-2H3/t20-,22-/m0/s1. The molecule has 136 valence electrons. The summed E-state index contributed by atoms with van der Waals surface area (Å²) in [6.07, 6.45) is 2.93. The summed E-state index contributed by atoms with van der Waals surface area (Å²) in [7, 11) is 1.66. The van der Waals surface area contributed by atoms with Crippen molar-refractivity contribution in [2.75, 3.05) is 18.1 Å². The molecule has 0 N–H and O–H groups in total. The minimum absolute atomic E-state index is 0.0143. The van der Waals surface area contributed by atoms with E-state index in [0.29, 0.717) is 17.5 Å². The zero-order chi connectivity index (χ0) is 18.6. The zero-order valence-corrected chi connectivity index (χ0v) is 17.2. The first kappa shape index (κ1) is 19.0. The van der Waals surface area contributed by atoms with Crippen LogP contribution < -0.4 is 4.74 Å². The summed E-state index contributed by atoms with van der Waals surface area (Å²) in [4.78, 5) is 13.0. The first-order chi connectivity index (χ1) is 12.6. The number of ether oxygens (including phenoxy) is 2. The van der Waals surface area contributed by atoms with Crippen LogP contribution in [-0.4, -0.2) is 24.1 Å². The molecule has 0 spiro atoms. The van der Waals surface area contributed by atoms with E-state index in [1.807, 2.05) is 49.4 Å². The van der Waals surface area contributed by atoms with Crippen molar-refractivity contribution in [3.63, 3.8) is 0 Å². The largest absolute Gasteiger partial charge is 0.497 e. The SMILES string of the molecule is CCOC(=O)[C@]1(CI)CC(c2ccccc2)=C[C@H]1c1ccc(OC)cc1. The molecular formula is C22H23IO3. The molecule has 0 aliphatic heterocycles. The van der Waals surface area contributed by atoms with Crippen molar-refractivity contribution in [3.8, 4) is 5.75 Å². The van der Waals surface area contributed by atoms with Crippen LogP contribution in [0, 0.1) is 5.41 Å². The number of benzene rings is 2. The molecule has 0 heterocycles. The van der Waals surface area contributed by atoms with E-state index in [1.165, 1.54) is 11.1 Å². The summed E-state index contributed by atoms with van der Waals surface area (Å²) in [5.41, 5.74) is 2.91. The summed E-state index contributed by atoms with van der Waals surface area (Å²) in [6, 6.07) is 18.3. The Morgan fingerprint density at radius 3 is 2.42 bits per heavy atom. The summed E-state index contributed by atoms with van der Waals surface area (Å²) in [5.74, 6) is 0.687. The summed E-state index contributed by atoms with van der Waals surface area (Å²) in [6.45, 7) is 2.26. The third-order valence-electron chi connectivity index (χ3n) is 5.01. The van der Waals surface area contributed by atoms with Gasteiger partial charge in [0, 0.05) is 10.3 Å². The van der Waals surface area contributed by atoms with Crippen LogP contribution in [0.3, 0.4) is 0 Å². The minimum atomic E-state index is -0.573. The fourth-order valence-electron chi connectivity index (χ4n) is 3.61. The third-order valence-corrected chi connectivity index (χ3v) is 6.37. The van der Waals surface area contributed by atoms with E-state index in [9.17, 15) is 4.79 Å². The van der Waals surface area contributed by atoms with Crippen LogP contribution in [0.25, 0.3) is 5.57 Å². The fourth-order valence-corrected chi connectivity index (χ4v) is 4.66. The van der Waals surface area contributed by atoms with Crippen LogP contribution in [0.5, 0.6) is 5.75 Å². The van der Waals surface area contributed by atoms with Crippen LogP contribution in [0.2, 0.25) is 0 Å². The molecule has 0 aromatic heterocycles. The lowest BCUT2D eigenvalue weighted by molar-refractivity contribution is -0.154. The molecule has 0 saturated carbocycles. The number of rotatable bonds is 6. The number of esters is 1. The van der Waals surface area contributed by atoms with Gasteiger partial charge in [-0.2, -0.15) is 0 Å². The summed E-state index contributed by atoms with van der Waals surface area (Å²) >= 11 is 2.32. The third kappa shape index (κ3) is 3.52. The molecule has 2 aromatic rings. The Morgan fingerprint density at radius 1 is 1.15 bits per heavy atom. The molecule has 0 bridgehead atoms. The molecule has 0 unspecified atom stereocenters. The Hall–Kier alpha value is -1.82. The van der Waals surface area contributed by atoms with Crippen molar-refractivity contribution in [1.82, 2.24) is 0 Å². The minimum Gasteiger partial charge on any atom is -0.497 e. The second-order valence-electron chi connectivity index (χ2n) is 6.50. The maximum Gasteiger partial charge on any atom is 0.314 e. The fraction of sp³-hybridized carbons (Fsp3) is 0.318. The molecule has 0 fully saturated rings. The zero-order valence-electron chi connectivity index (χ0n) is 15.1. The molecule has 1 aliphatic carbocycles. The van der Waals surface area contributed by atoms with Gasteiger partial charge in [0.1, 0.15) is 5.75 Å². The number of methoxy groups -OCH3 is 1. The van der Waals surface area contributed by atoms with Crippen LogP contribution in [0.4, 0.5) is 0 Å². The number of allylic oxidation sites excluding steroid dienone is 2. The highest BCUT2D eigenvalue weighted by molar-refractivity contribution is 14.1. The smallest absolute Gasteiger partial charge is 0.314 e. The van der Waals surface area contributed by atoms with E-state index >= 15 is 0 Å². The molecule has 0 radical (unpaired) electrons. The van der Waals surface area contributed by atoms with Crippen molar-refractivity contribution >= 4 is 34.1 Å².